The Balaban J connectivity index is 0.000000967. The molecule has 9 heteroatoms. The van der Waals surface area contributed by atoms with Crippen molar-refractivity contribution < 1.29 is 14.0 Å². The molecular weight excluding hydrogens is 459 g/mol. The fourth-order valence-electron chi connectivity index (χ4n) is 3.71. The van der Waals surface area contributed by atoms with Gasteiger partial charge in [-0.15, -0.1) is 0 Å². The Labute approximate surface area is 207 Å². The third-order valence-corrected chi connectivity index (χ3v) is 5.40. The van der Waals surface area contributed by atoms with Crippen molar-refractivity contribution in [1.82, 2.24) is 29.9 Å². The second-order valence-electron chi connectivity index (χ2n) is 8.00. The van der Waals surface area contributed by atoms with Crippen LogP contribution in [0.4, 0.5) is 4.39 Å². The van der Waals surface area contributed by atoms with Crippen LogP contribution in [0.15, 0.2) is 67.1 Å². The molecular formula is C27H25FN6O2. The lowest BCUT2D eigenvalue weighted by Gasteiger charge is -2.08. The average Bonchev–Trinajstić information content (AvgIpc) is 3.29. The first kappa shape index (κ1) is 24.6. The number of carbonyl (C=O) groups excluding carboxylic acids is 2. The van der Waals surface area contributed by atoms with Crippen LogP contribution in [0.5, 0.6) is 0 Å². The maximum Gasteiger partial charge on any atom is 0.254 e. The molecule has 1 N–H and O–H groups in total. The number of imidazole rings is 1. The molecule has 3 aromatic heterocycles. The van der Waals surface area contributed by atoms with Gasteiger partial charge in [-0.25, -0.2) is 18.9 Å². The number of benzene rings is 2. The first-order chi connectivity index (χ1) is 17.5. The molecule has 0 saturated carbocycles. The molecule has 1 amide bonds. The number of hydrogen-bond acceptors (Lipinski definition) is 6. The van der Waals surface area contributed by atoms with Crippen LogP contribution >= 0.6 is 0 Å². The predicted octanol–water partition coefficient (Wildman–Crippen LogP) is 4.41. The fraction of sp³-hybridized carbons (Fsp3) is 0.185. The molecule has 0 atom stereocenters. The summed E-state index contributed by atoms with van der Waals surface area (Å²) in [5.41, 5.74) is 3.93. The molecule has 0 radical (unpaired) electrons. The largest absolute Gasteiger partial charge is 0.352 e. The number of fused-ring (bicyclic) bond motifs is 2. The SMILES string of the molecule is CC=O.CCCNC(=O)c1ccc(-c2cnc3ncc(Cc4ccc5ncccc5c4)n3n2)cc1F. The number of amides is 1. The van der Waals surface area contributed by atoms with Crippen molar-refractivity contribution in [3.63, 3.8) is 0 Å². The van der Waals surface area contributed by atoms with Crippen LogP contribution in [0.25, 0.3) is 27.9 Å². The lowest BCUT2D eigenvalue weighted by molar-refractivity contribution is -0.106. The Morgan fingerprint density at radius 1 is 1.08 bits per heavy atom. The molecule has 182 valence electrons. The van der Waals surface area contributed by atoms with Crippen molar-refractivity contribution in [2.24, 2.45) is 0 Å². The minimum absolute atomic E-state index is 0.00958. The third-order valence-electron chi connectivity index (χ3n) is 5.40. The number of rotatable bonds is 6. The lowest BCUT2D eigenvalue weighted by atomic mass is 10.1. The van der Waals surface area contributed by atoms with Crippen LogP contribution in [0.2, 0.25) is 0 Å². The van der Waals surface area contributed by atoms with Gasteiger partial charge in [0.15, 0.2) is 0 Å². The molecule has 0 aliphatic carbocycles. The molecule has 0 fully saturated rings. The van der Waals surface area contributed by atoms with E-state index in [9.17, 15) is 9.18 Å². The molecule has 5 aromatic rings. The van der Waals surface area contributed by atoms with Crippen molar-refractivity contribution in [1.29, 1.82) is 0 Å². The fourth-order valence-corrected chi connectivity index (χ4v) is 3.71. The van der Waals surface area contributed by atoms with Crippen LogP contribution < -0.4 is 5.32 Å². The number of carbonyl (C=O) groups is 2. The van der Waals surface area contributed by atoms with Gasteiger partial charge in [-0.2, -0.15) is 5.10 Å². The molecule has 0 aliphatic heterocycles. The van der Waals surface area contributed by atoms with Gasteiger partial charge in [0.1, 0.15) is 17.8 Å². The van der Waals surface area contributed by atoms with Crippen LogP contribution in [0.1, 0.15) is 41.9 Å². The number of hydrogen-bond donors (Lipinski definition) is 1. The van der Waals surface area contributed by atoms with Gasteiger partial charge in [0.2, 0.25) is 0 Å². The van der Waals surface area contributed by atoms with Gasteiger partial charge in [0.05, 0.1) is 29.2 Å². The number of aromatic nitrogens is 5. The zero-order chi connectivity index (χ0) is 25.5. The number of aldehydes is 1. The molecule has 0 saturated heterocycles. The van der Waals surface area contributed by atoms with Crippen molar-refractivity contribution in [3.05, 3.63) is 89.8 Å². The zero-order valence-electron chi connectivity index (χ0n) is 20.0. The molecule has 5 rings (SSSR count). The molecule has 2 aromatic carbocycles. The second kappa shape index (κ2) is 11.3. The predicted molar refractivity (Wildman–Crippen MR) is 135 cm³/mol. The maximum absolute atomic E-state index is 14.6. The summed E-state index contributed by atoms with van der Waals surface area (Å²) in [5, 5.41) is 8.39. The number of pyridine rings is 1. The van der Waals surface area contributed by atoms with E-state index in [4.69, 9.17) is 4.79 Å². The molecule has 0 spiro atoms. The van der Waals surface area contributed by atoms with Gasteiger partial charge in [-0.05, 0) is 49.2 Å². The topological polar surface area (TPSA) is 102 Å². The maximum atomic E-state index is 14.6. The van der Waals surface area contributed by atoms with Crippen LogP contribution in [0.3, 0.4) is 0 Å². The summed E-state index contributed by atoms with van der Waals surface area (Å²) in [7, 11) is 0. The summed E-state index contributed by atoms with van der Waals surface area (Å²) in [6, 6.07) is 14.5. The Morgan fingerprint density at radius 3 is 2.67 bits per heavy atom. The molecule has 3 heterocycles. The standard InChI is InChI=1S/C25H21FN6O.C2H4O/c1-2-9-28-24(33)20-7-6-18(13-21(20)26)23-15-30-25-29-14-19(32(25)31-23)12-16-5-8-22-17(11-16)4-3-10-27-22;1-2-3/h3-8,10-11,13-15H,2,9,12H2,1H3,(H,28,33);2H,1H3. The highest BCUT2D eigenvalue weighted by molar-refractivity contribution is 5.94. The van der Waals surface area contributed by atoms with E-state index in [0.717, 1.165) is 34.9 Å². The van der Waals surface area contributed by atoms with Crippen molar-refractivity contribution >= 4 is 28.9 Å². The second-order valence-corrected chi connectivity index (χ2v) is 8.00. The van der Waals surface area contributed by atoms with E-state index in [1.165, 1.54) is 19.1 Å². The van der Waals surface area contributed by atoms with E-state index in [-0.39, 0.29) is 5.56 Å². The summed E-state index contributed by atoms with van der Waals surface area (Å²) >= 11 is 0. The summed E-state index contributed by atoms with van der Waals surface area (Å²) in [6.45, 7) is 3.88. The van der Waals surface area contributed by atoms with Crippen molar-refractivity contribution in [2.45, 2.75) is 26.7 Å². The summed E-state index contributed by atoms with van der Waals surface area (Å²) in [5.74, 6) is -0.559. The van der Waals surface area contributed by atoms with E-state index in [1.807, 2.05) is 31.2 Å². The zero-order valence-corrected chi connectivity index (χ0v) is 20.0. The van der Waals surface area contributed by atoms with Gasteiger partial charge in [0, 0.05) is 30.1 Å². The quantitative estimate of drug-likeness (QED) is 0.358. The summed E-state index contributed by atoms with van der Waals surface area (Å²) in [4.78, 5) is 34.0. The minimum Gasteiger partial charge on any atom is -0.352 e. The smallest absolute Gasteiger partial charge is 0.254 e. The van der Waals surface area contributed by atoms with E-state index in [1.54, 1.807) is 29.2 Å². The molecule has 0 aliphatic rings. The third kappa shape index (κ3) is 5.41. The van der Waals surface area contributed by atoms with Gasteiger partial charge in [0.25, 0.3) is 11.7 Å². The van der Waals surface area contributed by atoms with E-state index in [0.29, 0.717) is 30.0 Å². The van der Waals surface area contributed by atoms with E-state index >= 15 is 0 Å². The van der Waals surface area contributed by atoms with Gasteiger partial charge in [-0.1, -0.05) is 25.1 Å². The number of nitrogens with one attached hydrogen (secondary N) is 1. The average molecular weight is 485 g/mol. The Morgan fingerprint density at radius 2 is 1.89 bits per heavy atom. The normalized spacial score (nSPS) is 10.6. The van der Waals surface area contributed by atoms with E-state index < -0.39 is 11.7 Å². The van der Waals surface area contributed by atoms with Crippen LogP contribution in [-0.2, 0) is 11.2 Å². The summed E-state index contributed by atoms with van der Waals surface area (Å²) in [6.07, 6.45) is 7.21. The van der Waals surface area contributed by atoms with Gasteiger partial charge < -0.3 is 10.1 Å². The first-order valence-electron chi connectivity index (χ1n) is 11.5. The highest BCUT2D eigenvalue weighted by Crippen LogP contribution is 2.21. The molecule has 0 bridgehead atoms. The monoisotopic (exact) mass is 484 g/mol. The summed E-state index contributed by atoms with van der Waals surface area (Å²) < 4.78 is 16.3. The molecule has 0 unspecified atom stereocenters. The highest BCUT2D eigenvalue weighted by Gasteiger charge is 2.14. The van der Waals surface area contributed by atoms with Crippen LogP contribution in [-0.4, -0.2) is 43.3 Å². The number of halogens is 1. The number of nitrogens with zero attached hydrogens (tertiary/aromatic N) is 5. The van der Waals surface area contributed by atoms with Crippen molar-refractivity contribution in [2.75, 3.05) is 6.54 Å². The first-order valence-corrected chi connectivity index (χ1v) is 11.5. The molecule has 36 heavy (non-hydrogen) atoms. The minimum atomic E-state index is -0.598. The van der Waals surface area contributed by atoms with Gasteiger partial charge >= 0.3 is 0 Å². The van der Waals surface area contributed by atoms with Gasteiger partial charge in [-0.3, -0.25) is 9.78 Å². The Bertz CT molecular complexity index is 1530. The van der Waals surface area contributed by atoms with Crippen molar-refractivity contribution in [3.8, 4) is 11.3 Å². The Kier molecular flexibility index (Phi) is 7.69. The lowest BCUT2D eigenvalue weighted by Crippen LogP contribution is -2.24. The Hall–Kier alpha value is -4.53. The van der Waals surface area contributed by atoms with E-state index in [2.05, 4.69) is 31.4 Å². The molecule has 8 nitrogen and oxygen atoms in total. The van der Waals surface area contributed by atoms with Crippen LogP contribution in [0, 0.1) is 5.82 Å². The highest BCUT2D eigenvalue weighted by atomic mass is 19.1.